The Morgan fingerprint density at radius 1 is 1.19 bits per heavy atom. The first-order valence-corrected chi connectivity index (χ1v) is 7.71. The zero-order chi connectivity index (χ0) is 18.7. The summed E-state index contributed by atoms with van der Waals surface area (Å²) in [4.78, 5) is 11.8. The van der Waals surface area contributed by atoms with Gasteiger partial charge in [0.05, 0.1) is 11.9 Å². The molecule has 3 heterocycles. The van der Waals surface area contributed by atoms with Crippen molar-refractivity contribution in [1.29, 1.82) is 0 Å². The van der Waals surface area contributed by atoms with Crippen molar-refractivity contribution < 1.29 is 8.78 Å². The lowest BCUT2D eigenvalue weighted by Crippen LogP contribution is -2.04. The van der Waals surface area contributed by atoms with Crippen LogP contribution in [0.1, 0.15) is 22.3 Å². The molecule has 0 fully saturated rings. The standard InChI is InChI=1S/C19H15F2N5/c1-3-12-6-15(20)19(25-8-12)26-16-10-23-9-14(11(16)2)7-13-4-5-24-18(22)17(13)21/h1,4-6,8-10H,7H2,2H3,(H2,22,24)(H,25,26). The Bertz CT molecular complexity index is 1010. The van der Waals surface area contributed by atoms with Gasteiger partial charge in [-0.25, -0.2) is 18.7 Å². The predicted molar refractivity (Wildman–Crippen MR) is 95.8 cm³/mol. The number of anilines is 3. The zero-order valence-corrected chi connectivity index (χ0v) is 13.9. The van der Waals surface area contributed by atoms with Crippen LogP contribution in [0.5, 0.6) is 0 Å². The van der Waals surface area contributed by atoms with E-state index < -0.39 is 11.6 Å². The molecule has 3 rings (SSSR count). The monoisotopic (exact) mass is 351 g/mol. The molecular formula is C19H15F2N5. The first-order chi connectivity index (χ1) is 12.5. The van der Waals surface area contributed by atoms with Crippen LogP contribution in [0.3, 0.4) is 0 Å². The number of terminal acetylenes is 1. The van der Waals surface area contributed by atoms with Crippen LogP contribution < -0.4 is 11.1 Å². The number of hydrogen-bond donors (Lipinski definition) is 2. The van der Waals surface area contributed by atoms with E-state index in [2.05, 4.69) is 26.2 Å². The fourth-order valence-electron chi connectivity index (χ4n) is 2.45. The van der Waals surface area contributed by atoms with E-state index in [0.29, 0.717) is 16.8 Å². The minimum atomic E-state index is -0.571. The van der Waals surface area contributed by atoms with Gasteiger partial charge in [0, 0.05) is 30.6 Å². The maximum atomic E-state index is 14.1. The number of nitrogen functional groups attached to an aromatic ring is 1. The van der Waals surface area contributed by atoms with E-state index in [1.165, 1.54) is 18.5 Å². The number of nitrogens with two attached hydrogens (primary N) is 1. The molecule has 0 saturated carbocycles. The van der Waals surface area contributed by atoms with Crippen molar-refractivity contribution >= 4 is 17.3 Å². The summed E-state index contributed by atoms with van der Waals surface area (Å²) in [5.41, 5.74) is 8.37. The van der Waals surface area contributed by atoms with Gasteiger partial charge in [-0.05, 0) is 35.7 Å². The topological polar surface area (TPSA) is 76.7 Å². The molecule has 5 nitrogen and oxygen atoms in total. The van der Waals surface area contributed by atoms with Crippen LogP contribution in [0.15, 0.2) is 36.9 Å². The summed E-state index contributed by atoms with van der Waals surface area (Å²) in [6.07, 6.45) is 11.5. The number of aromatic nitrogens is 3. The second kappa shape index (κ2) is 7.15. The molecule has 0 radical (unpaired) electrons. The molecular weight excluding hydrogens is 336 g/mol. The van der Waals surface area contributed by atoms with Crippen LogP contribution >= 0.6 is 0 Å². The summed E-state index contributed by atoms with van der Waals surface area (Å²) in [6.45, 7) is 1.83. The lowest BCUT2D eigenvalue weighted by atomic mass is 10.0. The number of nitrogens with one attached hydrogen (secondary N) is 1. The van der Waals surface area contributed by atoms with Gasteiger partial charge in [0.15, 0.2) is 23.3 Å². The third-order valence-corrected chi connectivity index (χ3v) is 3.96. The molecule has 3 aromatic rings. The number of pyridine rings is 3. The summed E-state index contributed by atoms with van der Waals surface area (Å²) in [5.74, 6) is 1.08. The number of halogens is 2. The Hall–Kier alpha value is -3.53. The Morgan fingerprint density at radius 3 is 2.73 bits per heavy atom. The van der Waals surface area contributed by atoms with Gasteiger partial charge >= 0.3 is 0 Å². The third kappa shape index (κ3) is 3.44. The predicted octanol–water partition coefficient (Wildman–Crippen LogP) is 3.36. The molecule has 0 aromatic carbocycles. The van der Waals surface area contributed by atoms with Crippen molar-refractivity contribution in [2.24, 2.45) is 0 Å². The van der Waals surface area contributed by atoms with Crippen molar-refractivity contribution in [1.82, 2.24) is 15.0 Å². The minimum absolute atomic E-state index is 0.0328. The highest BCUT2D eigenvalue weighted by Crippen LogP contribution is 2.25. The van der Waals surface area contributed by atoms with Crippen molar-refractivity contribution in [3.8, 4) is 12.3 Å². The highest BCUT2D eigenvalue weighted by Gasteiger charge is 2.13. The Balaban J connectivity index is 1.90. The lowest BCUT2D eigenvalue weighted by Gasteiger charge is -2.13. The Morgan fingerprint density at radius 2 is 2.00 bits per heavy atom. The largest absolute Gasteiger partial charge is 0.381 e. The molecule has 0 aliphatic rings. The second-order valence-electron chi connectivity index (χ2n) is 5.64. The molecule has 26 heavy (non-hydrogen) atoms. The van der Waals surface area contributed by atoms with E-state index in [1.807, 2.05) is 6.92 Å². The van der Waals surface area contributed by atoms with Crippen LogP contribution in [0, 0.1) is 30.9 Å². The highest BCUT2D eigenvalue weighted by molar-refractivity contribution is 5.62. The molecule has 0 amide bonds. The summed E-state index contributed by atoms with van der Waals surface area (Å²) in [7, 11) is 0. The van der Waals surface area contributed by atoms with Crippen LogP contribution in [0.2, 0.25) is 0 Å². The van der Waals surface area contributed by atoms with Crippen LogP contribution in [0.25, 0.3) is 0 Å². The van der Waals surface area contributed by atoms with Crippen molar-refractivity contribution in [3.63, 3.8) is 0 Å². The molecule has 0 saturated heterocycles. The van der Waals surface area contributed by atoms with Crippen LogP contribution in [0.4, 0.5) is 26.1 Å². The van der Waals surface area contributed by atoms with E-state index in [4.69, 9.17) is 12.2 Å². The summed E-state index contributed by atoms with van der Waals surface area (Å²) >= 11 is 0. The maximum Gasteiger partial charge on any atom is 0.168 e. The molecule has 0 bridgehead atoms. The molecule has 130 valence electrons. The van der Waals surface area contributed by atoms with Gasteiger partial charge in [0.25, 0.3) is 0 Å². The smallest absolute Gasteiger partial charge is 0.168 e. The average molecular weight is 351 g/mol. The normalized spacial score (nSPS) is 10.4. The van der Waals surface area contributed by atoms with Gasteiger partial charge in [0.2, 0.25) is 0 Å². The minimum Gasteiger partial charge on any atom is -0.381 e. The fraction of sp³-hybridized carbons (Fsp3) is 0.105. The zero-order valence-electron chi connectivity index (χ0n) is 13.9. The number of hydrogen-bond acceptors (Lipinski definition) is 5. The van der Waals surface area contributed by atoms with Gasteiger partial charge in [-0.2, -0.15) is 0 Å². The lowest BCUT2D eigenvalue weighted by molar-refractivity contribution is 0.613. The maximum absolute atomic E-state index is 14.1. The van der Waals surface area contributed by atoms with E-state index in [0.717, 1.165) is 11.1 Å². The van der Waals surface area contributed by atoms with Gasteiger partial charge in [-0.15, -0.1) is 6.42 Å². The SMILES string of the molecule is C#Cc1cnc(Nc2cncc(Cc3ccnc(N)c3F)c2C)c(F)c1. The first kappa shape index (κ1) is 17.3. The van der Waals surface area contributed by atoms with E-state index >= 15 is 0 Å². The van der Waals surface area contributed by atoms with Crippen LogP contribution in [-0.2, 0) is 6.42 Å². The molecule has 3 aromatic heterocycles. The Kier molecular flexibility index (Phi) is 4.76. The molecule has 3 N–H and O–H groups in total. The highest BCUT2D eigenvalue weighted by atomic mass is 19.1. The molecule has 7 heteroatoms. The van der Waals surface area contributed by atoms with E-state index in [1.54, 1.807) is 18.5 Å². The van der Waals surface area contributed by atoms with Gasteiger partial charge in [0.1, 0.15) is 0 Å². The molecule has 0 aliphatic heterocycles. The second-order valence-corrected chi connectivity index (χ2v) is 5.64. The van der Waals surface area contributed by atoms with Crippen molar-refractivity contribution in [2.45, 2.75) is 13.3 Å². The van der Waals surface area contributed by atoms with Gasteiger partial charge in [-0.3, -0.25) is 4.98 Å². The third-order valence-electron chi connectivity index (χ3n) is 3.96. The Labute approximate surface area is 149 Å². The molecule has 0 spiro atoms. The number of rotatable bonds is 4. The quantitative estimate of drug-likeness (QED) is 0.705. The first-order valence-electron chi connectivity index (χ1n) is 7.71. The van der Waals surface area contributed by atoms with Crippen LogP contribution in [-0.4, -0.2) is 15.0 Å². The molecule has 0 aliphatic carbocycles. The van der Waals surface area contributed by atoms with Gasteiger partial charge in [-0.1, -0.05) is 5.92 Å². The summed E-state index contributed by atoms with van der Waals surface area (Å²) in [6, 6.07) is 2.78. The van der Waals surface area contributed by atoms with Crippen molar-refractivity contribution in [3.05, 3.63) is 70.8 Å². The van der Waals surface area contributed by atoms with E-state index in [9.17, 15) is 8.78 Å². The average Bonchev–Trinajstić information content (AvgIpc) is 2.63. The van der Waals surface area contributed by atoms with Gasteiger partial charge < -0.3 is 11.1 Å². The van der Waals surface area contributed by atoms with Crippen molar-refractivity contribution in [2.75, 3.05) is 11.1 Å². The molecule has 0 unspecified atom stereocenters. The summed E-state index contributed by atoms with van der Waals surface area (Å²) in [5, 5.41) is 2.90. The fourth-order valence-corrected chi connectivity index (χ4v) is 2.45. The molecule has 0 atom stereocenters. The summed E-state index contributed by atoms with van der Waals surface area (Å²) < 4.78 is 28.2. The van der Waals surface area contributed by atoms with E-state index in [-0.39, 0.29) is 18.1 Å². The number of nitrogens with zero attached hydrogens (tertiary/aromatic N) is 3.